The lowest BCUT2D eigenvalue weighted by Gasteiger charge is -2.28. The molecule has 4 rings (SSSR count). The van der Waals surface area contributed by atoms with Crippen LogP contribution in [0.3, 0.4) is 0 Å². The Morgan fingerprint density at radius 1 is 1.12 bits per heavy atom. The second-order valence-corrected chi connectivity index (χ2v) is 6.12. The molecule has 0 saturated carbocycles. The SMILES string of the molecule is O=C(O)c1cnc(C(=O)N2CCCC2c2cccc3c2OCCO3)cn1. The van der Waals surface area contributed by atoms with Gasteiger partial charge in [-0.15, -0.1) is 0 Å². The van der Waals surface area contributed by atoms with Crippen LogP contribution < -0.4 is 9.47 Å². The van der Waals surface area contributed by atoms with Crippen molar-refractivity contribution in [3.63, 3.8) is 0 Å². The highest BCUT2D eigenvalue weighted by Gasteiger charge is 2.34. The average molecular weight is 355 g/mol. The van der Waals surface area contributed by atoms with E-state index in [9.17, 15) is 9.59 Å². The predicted molar refractivity (Wildman–Crippen MR) is 89.4 cm³/mol. The summed E-state index contributed by atoms with van der Waals surface area (Å²) in [5, 5.41) is 8.91. The van der Waals surface area contributed by atoms with Crippen molar-refractivity contribution in [2.45, 2.75) is 18.9 Å². The third-order valence-corrected chi connectivity index (χ3v) is 4.56. The Balaban J connectivity index is 1.63. The van der Waals surface area contributed by atoms with Crippen molar-refractivity contribution in [1.29, 1.82) is 0 Å². The molecule has 8 nitrogen and oxygen atoms in total. The molecule has 1 fully saturated rings. The van der Waals surface area contributed by atoms with Gasteiger partial charge in [-0.05, 0) is 18.9 Å². The Hall–Kier alpha value is -3.16. The Morgan fingerprint density at radius 3 is 2.65 bits per heavy atom. The van der Waals surface area contributed by atoms with E-state index in [0.717, 1.165) is 24.6 Å². The summed E-state index contributed by atoms with van der Waals surface area (Å²) in [6.45, 7) is 1.58. The Labute approximate surface area is 149 Å². The number of benzene rings is 1. The minimum Gasteiger partial charge on any atom is -0.486 e. The van der Waals surface area contributed by atoms with E-state index >= 15 is 0 Å². The van der Waals surface area contributed by atoms with Crippen LogP contribution in [0.15, 0.2) is 30.6 Å². The minimum atomic E-state index is -1.18. The third kappa shape index (κ3) is 2.83. The molecule has 2 aliphatic rings. The van der Waals surface area contributed by atoms with Crippen LogP contribution in [-0.4, -0.2) is 51.6 Å². The van der Waals surface area contributed by atoms with Crippen LogP contribution in [0.25, 0.3) is 0 Å². The Morgan fingerprint density at radius 2 is 1.88 bits per heavy atom. The number of carboxylic acids is 1. The molecule has 134 valence electrons. The van der Waals surface area contributed by atoms with Crippen LogP contribution >= 0.6 is 0 Å². The zero-order valence-electron chi connectivity index (χ0n) is 13.9. The van der Waals surface area contributed by atoms with Crippen LogP contribution in [0.5, 0.6) is 11.5 Å². The molecular weight excluding hydrogens is 338 g/mol. The number of carboxylic acid groups (broad SMARTS) is 1. The Bertz CT molecular complexity index is 852. The van der Waals surface area contributed by atoms with Gasteiger partial charge in [0, 0.05) is 12.1 Å². The van der Waals surface area contributed by atoms with Gasteiger partial charge >= 0.3 is 5.97 Å². The normalized spacial score (nSPS) is 18.6. The largest absolute Gasteiger partial charge is 0.486 e. The number of nitrogens with zero attached hydrogens (tertiary/aromatic N) is 3. The van der Waals surface area contributed by atoms with Crippen molar-refractivity contribution in [3.05, 3.63) is 47.5 Å². The minimum absolute atomic E-state index is 0.129. The van der Waals surface area contributed by atoms with Gasteiger partial charge < -0.3 is 19.5 Å². The molecule has 1 atom stereocenters. The molecule has 1 aromatic heterocycles. The molecule has 8 heteroatoms. The highest BCUT2D eigenvalue weighted by Crippen LogP contribution is 2.43. The van der Waals surface area contributed by atoms with Gasteiger partial charge in [-0.3, -0.25) is 4.79 Å². The van der Waals surface area contributed by atoms with E-state index < -0.39 is 5.97 Å². The van der Waals surface area contributed by atoms with Crippen molar-refractivity contribution < 1.29 is 24.2 Å². The molecule has 1 unspecified atom stereocenters. The molecule has 1 saturated heterocycles. The van der Waals surface area contributed by atoms with E-state index in [0.29, 0.717) is 31.3 Å². The first-order chi connectivity index (χ1) is 12.6. The first-order valence-electron chi connectivity index (χ1n) is 8.40. The summed E-state index contributed by atoms with van der Waals surface area (Å²) in [5.41, 5.74) is 0.856. The number of ether oxygens (including phenoxy) is 2. The van der Waals surface area contributed by atoms with E-state index in [1.807, 2.05) is 18.2 Å². The molecule has 0 radical (unpaired) electrons. The molecule has 1 amide bonds. The molecular formula is C18H17N3O5. The van der Waals surface area contributed by atoms with Crippen molar-refractivity contribution in [3.8, 4) is 11.5 Å². The maximum Gasteiger partial charge on any atom is 0.356 e. The number of rotatable bonds is 3. The van der Waals surface area contributed by atoms with Crippen LogP contribution in [0, 0.1) is 0 Å². The standard InChI is InChI=1S/C18H17N3O5/c22-17(12-9-20-13(10-19-12)18(23)24)21-6-2-4-14(21)11-3-1-5-15-16(11)26-8-7-25-15/h1,3,5,9-10,14H,2,4,6-8H2,(H,23,24). The zero-order chi connectivity index (χ0) is 18.1. The number of hydrogen-bond acceptors (Lipinski definition) is 6. The maximum atomic E-state index is 12.9. The number of fused-ring (bicyclic) bond motifs is 1. The molecule has 1 aromatic carbocycles. The van der Waals surface area contributed by atoms with Gasteiger partial charge in [-0.1, -0.05) is 12.1 Å². The number of para-hydroxylation sites is 1. The highest BCUT2D eigenvalue weighted by atomic mass is 16.6. The molecule has 26 heavy (non-hydrogen) atoms. The third-order valence-electron chi connectivity index (χ3n) is 4.56. The quantitative estimate of drug-likeness (QED) is 0.897. The van der Waals surface area contributed by atoms with Crippen LogP contribution in [0.4, 0.5) is 0 Å². The number of hydrogen-bond donors (Lipinski definition) is 1. The number of likely N-dealkylation sites (tertiary alicyclic amines) is 1. The van der Waals surface area contributed by atoms with Gasteiger partial charge in [0.15, 0.2) is 17.2 Å². The first kappa shape index (κ1) is 16.3. The van der Waals surface area contributed by atoms with Gasteiger partial charge in [-0.2, -0.15) is 0 Å². The molecule has 0 aliphatic carbocycles. The van der Waals surface area contributed by atoms with E-state index in [-0.39, 0.29) is 23.3 Å². The Kier molecular flexibility index (Phi) is 4.16. The highest BCUT2D eigenvalue weighted by molar-refractivity contribution is 5.93. The van der Waals surface area contributed by atoms with E-state index in [4.69, 9.17) is 14.6 Å². The fraction of sp³-hybridized carbons (Fsp3) is 0.333. The summed E-state index contributed by atoms with van der Waals surface area (Å²) < 4.78 is 11.4. The fourth-order valence-corrected chi connectivity index (χ4v) is 3.39. The van der Waals surface area contributed by atoms with E-state index in [1.54, 1.807) is 4.90 Å². The summed E-state index contributed by atoms with van der Waals surface area (Å²) >= 11 is 0. The fourth-order valence-electron chi connectivity index (χ4n) is 3.39. The van der Waals surface area contributed by atoms with Crippen LogP contribution in [0.2, 0.25) is 0 Å². The number of aromatic nitrogens is 2. The molecule has 2 aliphatic heterocycles. The summed E-state index contributed by atoms with van der Waals surface area (Å²) in [6.07, 6.45) is 3.98. The summed E-state index contributed by atoms with van der Waals surface area (Å²) in [5.74, 6) is -0.0655. The number of amides is 1. The lowest BCUT2D eigenvalue weighted by Crippen LogP contribution is -2.32. The van der Waals surface area contributed by atoms with Crippen molar-refractivity contribution in [2.24, 2.45) is 0 Å². The topological polar surface area (TPSA) is 102 Å². The molecule has 3 heterocycles. The van der Waals surface area contributed by atoms with Crippen LogP contribution in [0.1, 0.15) is 45.4 Å². The second-order valence-electron chi connectivity index (χ2n) is 6.12. The van der Waals surface area contributed by atoms with Gasteiger partial charge in [0.1, 0.15) is 18.9 Å². The average Bonchev–Trinajstić information content (AvgIpc) is 3.16. The second kappa shape index (κ2) is 6.62. The number of aromatic carboxylic acids is 1. The summed E-state index contributed by atoms with van der Waals surface area (Å²) in [4.78, 5) is 33.3. The van der Waals surface area contributed by atoms with Crippen molar-refractivity contribution >= 4 is 11.9 Å². The van der Waals surface area contributed by atoms with Gasteiger partial charge in [-0.25, -0.2) is 14.8 Å². The first-order valence-corrected chi connectivity index (χ1v) is 8.40. The van der Waals surface area contributed by atoms with Crippen molar-refractivity contribution in [1.82, 2.24) is 14.9 Å². The molecule has 0 spiro atoms. The monoisotopic (exact) mass is 355 g/mol. The predicted octanol–water partition coefficient (Wildman–Crippen LogP) is 1.92. The van der Waals surface area contributed by atoms with Gasteiger partial charge in [0.2, 0.25) is 0 Å². The molecule has 1 N–H and O–H groups in total. The zero-order valence-corrected chi connectivity index (χ0v) is 13.9. The summed E-state index contributed by atoms with van der Waals surface area (Å²) in [7, 11) is 0. The lowest BCUT2D eigenvalue weighted by atomic mass is 10.0. The van der Waals surface area contributed by atoms with E-state index in [2.05, 4.69) is 9.97 Å². The van der Waals surface area contributed by atoms with Crippen LogP contribution in [-0.2, 0) is 0 Å². The van der Waals surface area contributed by atoms with Gasteiger partial charge in [0.05, 0.1) is 18.4 Å². The number of carbonyl (C=O) groups excluding carboxylic acids is 1. The molecule has 0 bridgehead atoms. The van der Waals surface area contributed by atoms with Gasteiger partial charge in [0.25, 0.3) is 5.91 Å². The van der Waals surface area contributed by atoms with Crippen molar-refractivity contribution in [2.75, 3.05) is 19.8 Å². The smallest absolute Gasteiger partial charge is 0.356 e. The lowest BCUT2D eigenvalue weighted by molar-refractivity contribution is 0.0683. The maximum absolute atomic E-state index is 12.9. The number of carbonyl (C=O) groups is 2. The molecule has 2 aromatic rings. The summed E-state index contributed by atoms with van der Waals surface area (Å²) in [6, 6.07) is 5.56. The van der Waals surface area contributed by atoms with E-state index in [1.165, 1.54) is 6.20 Å².